The minimum absolute atomic E-state index is 0.636. The Balaban J connectivity index is 1.95. The first-order valence-electron chi connectivity index (χ1n) is 4.33. The Morgan fingerprint density at radius 2 is 2.43 bits per heavy atom. The second-order valence-electron chi connectivity index (χ2n) is 2.96. The molecule has 2 aromatic rings. The van der Waals surface area contributed by atoms with Gasteiger partial charge in [0.1, 0.15) is 6.33 Å². The van der Waals surface area contributed by atoms with E-state index in [0.29, 0.717) is 12.5 Å². The summed E-state index contributed by atoms with van der Waals surface area (Å²) >= 11 is 0. The van der Waals surface area contributed by atoms with Crippen molar-refractivity contribution in [2.45, 2.75) is 6.54 Å². The van der Waals surface area contributed by atoms with Gasteiger partial charge in [-0.3, -0.25) is 9.67 Å². The van der Waals surface area contributed by atoms with Crippen molar-refractivity contribution in [3.05, 3.63) is 36.4 Å². The highest BCUT2D eigenvalue weighted by Crippen LogP contribution is 2.00. The van der Waals surface area contributed by atoms with Gasteiger partial charge in [0.05, 0.1) is 0 Å². The fourth-order valence-corrected chi connectivity index (χ4v) is 1.10. The molecule has 2 rings (SSSR count). The summed E-state index contributed by atoms with van der Waals surface area (Å²) in [5, 5.41) is 7.20. The van der Waals surface area contributed by atoms with E-state index in [0.717, 1.165) is 5.56 Å². The lowest BCUT2D eigenvalue weighted by Crippen LogP contribution is -2.01. The maximum Gasteiger partial charge on any atom is 0.242 e. The largest absolute Gasteiger partial charge is 0.349 e. The van der Waals surface area contributed by atoms with Crippen LogP contribution in [0.3, 0.4) is 0 Å². The first kappa shape index (κ1) is 8.68. The molecule has 0 atom stereocenters. The fraction of sp³-hybridized carbons (Fsp3) is 0.222. The normalized spacial score (nSPS) is 10.1. The van der Waals surface area contributed by atoms with Crippen LogP contribution in [0.4, 0.5) is 5.95 Å². The molecule has 0 amide bonds. The van der Waals surface area contributed by atoms with E-state index in [1.165, 1.54) is 0 Å². The summed E-state index contributed by atoms with van der Waals surface area (Å²) in [6, 6.07) is 3.91. The molecule has 5 nitrogen and oxygen atoms in total. The third kappa shape index (κ3) is 2.07. The van der Waals surface area contributed by atoms with Crippen LogP contribution in [-0.2, 0) is 13.6 Å². The number of rotatable bonds is 3. The van der Waals surface area contributed by atoms with Gasteiger partial charge >= 0.3 is 0 Å². The van der Waals surface area contributed by atoms with Crippen LogP contribution in [0.15, 0.2) is 30.9 Å². The molecule has 1 N–H and O–H groups in total. The molecular weight excluding hydrogens is 178 g/mol. The van der Waals surface area contributed by atoms with E-state index in [2.05, 4.69) is 20.4 Å². The van der Waals surface area contributed by atoms with Gasteiger partial charge in [0, 0.05) is 26.0 Å². The Hall–Kier alpha value is -1.91. The van der Waals surface area contributed by atoms with Crippen molar-refractivity contribution >= 4 is 5.95 Å². The standard InChI is InChI=1S/C9H11N5/c1-14-7-12-9(13-14)11-6-8-3-2-4-10-5-8/h2-5,7H,6H2,1H3,(H,11,13). The van der Waals surface area contributed by atoms with Gasteiger partial charge in [-0.05, 0) is 11.6 Å². The summed E-state index contributed by atoms with van der Waals surface area (Å²) in [6.07, 6.45) is 5.23. The number of hydrogen-bond donors (Lipinski definition) is 1. The summed E-state index contributed by atoms with van der Waals surface area (Å²) in [7, 11) is 1.84. The Kier molecular flexibility index (Phi) is 2.40. The van der Waals surface area contributed by atoms with Crippen molar-refractivity contribution in [1.82, 2.24) is 19.7 Å². The summed E-state index contributed by atoms with van der Waals surface area (Å²) in [5.41, 5.74) is 1.11. The van der Waals surface area contributed by atoms with Gasteiger partial charge in [-0.2, -0.15) is 0 Å². The number of pyridine rings is 1. The van der Waals surface area contributed by atoms with Crippen molar-refractivity contribution in [3.8, 4) is 0 Å². The Bertz CT molecular complexity index is 395. The predicted molar refractivity (Wildman–Crippen MR) is 52.6 cm³/mol. The zero-order valence-electron chi connectivity index (χ0n) is 7.88. The second kappa shape index (κ2) is 3.87. The minimum atomic E-state index is 0.636. The molecule has 0 bridgehead atoms. The molecule has 0 unspecified atom stereocenters. The van der Waals surface area contributed by atoms with Gasteiger partial charge < -0.3 is 5.32 Å². The van der Waals surface area contributed by atoms with Crippen LogP contribution in [0, 0.1) is 0 Å². The van der Waals surface area contributed by atoms with Gasteiger partial charge in [0.2, 0.25) is 5.95 Å². The van der Waals surface area contributed by atoms with Crippen molar-refractivity contribution in [2.24, 2.45) is 7.05 Å². The molecule has 0 radical (unpaired) electrons. The molecule has 0 saturated carbocycles. The van der Waals surface area contributed by atoms with Crippen LogP contribution in [0.25, 0.3) is 0 Å². The summed E-state index contributed by atoms with van der Waals surface area (Å²) < 4.78 is 1.66. The Labute approximate surface area is 81.8 Å². The third-order valence-electron chi connectivity index (χ3n) is 1.77. The molecule has 72 valence electrons. The van der Waals surface area contributed by atoms with Crippen molar-refractivity contribution in [2.75, 3.05) is 5.32 Å². The SMILES string of the molecule is Cn1cnc(NCc2cccnc2)n1. The highest BCUT2D eigenvalue weighted by molar-refractivity contribution is 5.24. The predicted octanol–water partition coefficient (Wildman–Crippen LogP) is 0.822. The van der Waals surface area contributed by atoms with Gasteiger partial charge in [-0.25, -0.2) is 4.98 Å². The van der Waals surface area contributed by atoms with Crippen LogP contribution >= 0.6 is 0 Å². The zero-order chi connectivity index (χ0) is 9.80. The van der Waals surface area contributed by atoms with E-state index >= 15 is 0 Å². The molecule has 0 fully saturated rings. The van der Waals surface area contributed by atoms with E-state index < -0.39 is 0 Å². The van der Waals surface area contributed by atoms with Crippen LogP contribution in [0.2, 0.25) is 0 Å². The van der Waals surface area contributed by atoms with Crippen LogP contribution < -0.4 is 5.32 Å². The van der Waals surface area contributed by atoms with E-state index in [1.54, 1.807) is 17.2 Å². The summed E-state index contributed by atoms with van der Waals surface area (Å²) in [5.74, 6) is 0.636. The monoisotopic (exact) mass is 189 g/mol. The molecular formula is C9H11N5. The molecule has 5 heteroatoms. The molecule has 14 heavy (non-hydrogen) atoms. The summed E-state index contributed by atoms with van der Waals surface area (Å²) in [4.78, 5) is 8.07. The molecule has 0 spiro atoms. The first-order valence-corrected chi connectivity index (χ1v) is 4.33. The molecule has 0 saturated heterocycles. The molecule has 2 heterocycles. The van der Waals surface area contributed by atoms with Gasteiger partial charge in [0.25, 0.3) is 0 Å². The lowest BCUT2D eigenvalue weighted by molar-refractivity contribution is 0.766. The first-order chi connectivity index (χ1) is 6.84. The van der Waals surface area contributed by atoms with Crippen LogP contribution in [0.1, 0.15) is 5.56 Å². The minimum Gasteiger partial charge on any atom is -0.349 e. The Morgan fingerprint density at radius 1 is 1.50 bits per heavy atom. The summed E-state index contributed by atoms with van der Waals surface area (Å²) in [6.45, 7) is 0.692. The number of aromatic nitrogens is 4. The molecule has 2 aromatic heterocycles. The Morgan fingerprint density at radius 3 is 3.07 bits per heavy atom. The van der Waals surface area contributed by atoms with Gasteiger partial charge in [-0.1, -0.05) is 6.07 Å². The van der Waals surface area contributed by atoms with Gasteiger partial charge in [0.15, 0.2) is 0 Å². The third-order valence-corrected chi connectivity index (χ3v) is 1.77. The lowest BCUT2D eigenvalue weighted by atomic mass is 10.3. The van der Waals surface area contributed by atoms with Crippen molar-refractivity contribution in [1.29, 1.82) is 0 Å². The van der Waals surface area contributed by atoms with Crippen LogP contribution in [0.5, 0.6) is 0 Å². The second-order valence-corrected chi connectivity index (χ2v) is 2.96. The van der Waals surface area contributed by atoms with Crippen molar-refractivity contribution in [3.63, 3.8) is 0 Å². The number of nitrogens with zero attached hydrogens (tertiary/aromatic N) is 4. The molecule has 0 aliphatic rings. The average Bonchev–Trinajstić information content (AvgIpc) is 2.63. The number of anilines is 1. The quantitative estimate of drug-likeness (QED) is 0.776. The average molecular weight is 189 g/mol. The zero-order valence-corrected chi connectivity index (χ0v) is 7.88. The van der Waals surface area contributed by atoms with Crippen LogP contribution in [-0.4, -0.2) is 19.7 Å². The lowest BCUT2D eigenvalue weighted by Gasteiger charge is -2.00. The number of nitrogens with one attached hydrogen (secondary N) is 1. The number of aryl methyl sites for hydroxylation is 1. The number of hydrogen-bond acceptors (Lipinski definition) is 4. The topological polar surface area (TPSA) is 55.6 Å². The van der Waals surface area contributed by atoms with E-state index in [1.807, 2.05) is 25.4 Å². The highest BCUT2D eigenvalue weighted by Gasteiger charge is 1.97. The molecule has 0 aromatic carbocycles. The van der Waals surface area contributed by atoms with Gasteiger partial charge in [-0.15, -0.1) is 5.10 Å². The van der Waals surface area contributed by atoms with E-state index in [-0.39, 0.29) is 0 Å². The van der Waals surface area contributed by atoms with E-state index in [4.69, 9.17) is 0 Å². The maximum atomic E-state index is 4.10. The maximum absolute atomic E-state index is 4.10. The fourth-order valence-electron chi connectivity index (χ4n) is 1.10. The highest BCUT2D eigenvalue weighted by atomic mass is 15.4. The molecule has 0 aliphatic carbocycles. The van der Waals surface area contributed by atoms with E-state index in [9.17, 15) is 0 Å². The smallest absolute Gasteiger partial charge is 0.242 e. The molecule has 0 aliphatic heterocycles. The van der Waals surface area contributed by atoms with Crippen molar-refractivity contribution < 1.29 is 0 Å².